The first-order valence-corrected chi connectivity index (χ1v) is 11.4. The van der Waals surface area contributed by atoms with E-state index in [1.54, 1.807) is 45.2 Å². The summed E-state index contributed by atoms with van der Waals surface area (Å²) in [5, 5.41) is 3.23. The number of allylic oxidation sites excluding steroid dienone is 3. The molecule has 2 aromatic rings. The van der Waals surface area contributed by atoms with Gasteiger partial charge in [-0.25, -0.2) is 4.79 Å². The third kappa shape index (κ3) is 4.60. The number of rotatable bonds is 6. The molecule has 0 bridgehead atoms. The molecule has 1 aliphatic carbocycles. The zero-order valence-electron chi connectivity index (χ0n) is 20.5. The molecule has 0 radical (unpaired) electrons. The van der Waals surface area contributed by atoms with Gasteiger partial charge < -0.3 is 23.9 Å². The molecular formula is C27H29NO7. The summed E-state index contributed by atoms with van der Waals surface area (Å²) in [5.74, 6) is -1.74. The number of benzene rings is 1. The number of nitrogens with one attached hydrogen (secondary N) is 1. The summed E-state index contributed by atoms with van der Waals surface area (Å²) in [5.41, 5.74) is 2.68. The quantitative estimate of drug-likeness (QED) is 0.491. The Bertz CT molecular complexity index is 1220. The zero-order valence-corrected chi connectivity index (χ0v) is 20.5. The molecule has 1 aliphatic heterocycles. The number of methoxy groups -OCH3 is 2. The summed E-state index contributed by atoms with van der Waals surface area (Å²) in [7, 11) is 2.85. The predicted octanol–water partition coefficient (Wildman–Crippen LogP) is 3.95. The Hall–Kier alpha value is -3.81. The number of hydrogen-bond donors (Lipinski definition) is 1. The van der Waals surface area contributed by atoms with Gasteiger partial charge in [0.1, 0.15) is 29.8 Å². The minimum absolute atomic E-state index is 0.0468. The van der Waals surface area contributed by atoms with Crippen molar-refractivity contribution in [2.75, 3.05) is 14.2 Å². The second-order valence-electron chi connectivity index (χ2n) is 8.91. The van der Waals surface area contributed by atoms with Crippen molar-refractivity contribution in [3.63, 3.8) is 0 Å². The summed E-state index contributed by atoms with van der Waals surface area (Å²) in [6.07, 6.45) is 0.461. The number of furan rings is 1. The van der Waals surface area contributed by atoms with Gasteiger partial charge in [0.25, 0.3) is 0 Å². The first-order chi connectivity index (χ1) is 16.7. The van der Waals surface area contributed by atoms with E-state index in [2.05, 4.69) is 5.32 Å². The SMILES string of the molecule is COC(=O)[C@H]1C(=O)C2=C(C[C@H]1C)NC(C)=C(C(=O)OCc1ccc(OC)cc1)[C@@H]2c1ccc(C)o1. The highest BCUT2D eigenvalue weighted by atomic mass is 16.5. The van der Waals surface area contributed by atoms with E-state index < -0.39 is 23.8 Å². The summed E-state index contributed by atoms with van der Waals surface area (Å²) < 4.78 is 21.6. The standard InChI is InChI=1S/C27H29NO7/c1-14-12-19-23(25(29)21(14)26(30)33-5)24(20-11-6-15(2)35-20)22(16(3)28-19)27(31)34-13-17-7-9-18(32-4)10-8-17/h6-11,14,21,24,28H,12-13H2,1-5H3/t14-,21-,24+/m1/s1. The first kappa shape index (κ1) is 24.3. The number of Topliss-reactive ketones (excluding diaryl/α,β-unsaturated/α-hetero) is 1. The van der Waals surface area contributed by atoms with Crippen LogP contribution in [0, 0.1) is 18.8 Å². The molecule has 3 atom stereocenters. The second kappa shape index (κ2) is 9.82. The molecule has 2 aliphatic rings. The molecule has 35 heavy (non-hydrogen) atoms. The Morgan fingerprint density at radius 3 is 2.40 bits per heavy atom. The van der Waals surface area contributed by atoms with Crippen LogP contribution in [-0.2, 0) is 30.5 Å². The lowest BCUT2D eigenvalue weighted by molar-refractivity contribution is -0.151. The number of ether oxygens (including phenoxy) is 3. The predicted molar refractivity (Wildman–Crippen MR) is 126 cm³/mol. The van der Waals surface area contributed by atoms with E-state index in [4.69, 9.17) is 18.6 Å². The van der Waals surface area contributed by atoms with Crippen LogP contribution >= 0.6 is 0 Å². The van der Waals surface area contributed by atoms with E-state index in [1.807, 2.05) is 19.1 Å². The van der Waals surface area contributed by atoms with Crippen LogP contribution in [0.15, 0.2) is 63.4 Å². The topological polar surface area (TPSA) is 104 Å². The van der Waals surface area contributed by atoms with Crippen molar-refractivity contribution in [3.05, 3.63) is 76.0 Å². The van der Waals surface area contributed by atoms with Crippen LogP contribution in [-0.4, -0.2) is 31.9 Å². The van der Waals surface area contributed by atoms with E-state index in [1.165, 1.54) is 7.11 Å². The van der Waals surface area contributed by atoms with Crippen molar-refractivity contribution in [2.24, 2.45) is 11.8 Å². The fourth-order valence-corrected chi connectivity index (χ4v) is 4.79. The minimum atomic E-state index is -0.950. The third-order valence-corrected chi connectivity index (χ3v) is 6.54. The van der Waals surface area contributed by atoms with Gasteiger partial charge in [-0.05, 0) is 56.0 Å². The average Bonchev–Trinajstić information content (AvgIpc) is 3.27. The molecule has 8 nitrogen and oxygen atoms in total. The van der Waals surface area contributed by atoms with Gasteiger partial charge in [-0.15, -0.1) is 0 Å². The molecule has 0 fully saturated rings. The second-order valence-corrected chi connectivity index (χ2v) is 8.91. The molecule has 2 heterocycles. The van der Waals surface area contributed by atoms with Crippen molar-refractivity contribution in [1.29, 1.82) is 0 Å². The maximum atomic E-state index is 13.6. The lowest BCUT2D eigenvalue weighted by Gasteiger charge is -2.37. The average molecular weight is 480 g/mol. The Morgan fingerprint density at radius 1 is 1.09 bits per heavy atom. The van der Waals surface area contributed by atoms with Crippen molar-refractivity contribution >= 4 is 17.7 Å². The molecule has 0 unspecified atom stereocenters. The summed E-state index contributed by atoms with van der Waals surface area (Å²) in [6, 6.07) is 10.7. The first-order valence-electron chi connectivity index (χ1n) is 11.4. The molecule has 0 spiro atoms. The lowest BCUT2D eigenvalue weighted by atomic mass is 9.70. The minimum Gasteiger partial charge on any atom is -0.497 e. The number of carbonyl (C=O) groups excluding carboxylic acids is 3. The van der Waals surface area contributed by atoms with E-state index in [-0.39, 0.29) is 23.9 Å². The number of aryl methyl sites for hydroxylation is 1. The van der Waals surface area contributed by atoms with Gasteiger partial charge in [-0.3, -0.25) is 9.59 Å². The van der Waals surface area contributed by atoms with Crippen LogP contribution in [0.25, 0.3) is 0 Å². The molecular weight excluding hydrogens is 450 g/mol. The van der Waals surface area contributed by atoms with Gasteiger partial charge in [0.05, 0.1) is 25.7 Å². The van der Waals surface area contributed by atoms with E-state index in [9.17, 15) is 14.4 Å². The van der Waals surface area contributed by atoms with Crippen molar-refractivity contribution in [3.8, 4) is 5.75 Å². The number of esters is 2. The Balaban J connectivity index is 1.69. The Kier molecular flexibility index (Phi) is 6.82. The van der Waals surface area contributed by atoms with Crippen molar-refractivity contribution in [2.45, 2.75) is 39.7 Å². The molecule has 1 N–H and O–H groups in total. The smallest absolute Gasteiger partial charge is 0.337 e. The number of hydrogen-bond acceptors (Lipinski definition) is 8. The van der Waals surface area contributed by atoms with Crippen LogP contribution in [0.3, 0.4) is 0 Å². The summed E-state index contributed by atoms with van der Waals surface area (Å²) >= 11 is 0. The maximum Gasteiger partial charge on any atom is 0.337 e. The Morgan fingerprint density at radius 2 is 1.80 bits per heavy atom. The van der Waals surface area contributed by atoms with Crippen LogP contribution in [0.2, 0.25) is 0 Å². The number of carbonyl (C=O) groups is 3. The van der Waals surface area contributed by atoms with E-state index in [0.29, 0.717) is 40.7 Å². The van der Waals surface area contributed by atoms with E-state index >= 15 is 0 Å². The van der Waals surface area contributed by atoms with Crippen molar-refractivity contribution in [1.82, 2.24) is 5.32 Å². The third-order valence-electron chi connectivity index (χ3n) is 6.54. The molecule has 0 saturated heterocycles. The molecule has 1 aromatic heterocycles. The highest BCUT2D eigenvalue weighted by Crippen LogP contribution is 2.45. The fraction of sp³-hybridized carbons (Fsp3) is 0.370. The maximum absolute atomic E-state index is 13.6. The number of dihydropyridines is 1. The Labute approximate surface area is 203 Å². The van der Waals surface area contributed by atoms with E-state index in [0.717, 1.165) is 5.56 Å². The zero-order chi connectivity index (χ0) is 25.3. The highest BCUT2D eigenvalue weighted by Gasteiger charge is 2.48. The monoisotopic (exact) mass is 479 g/mol. The van der Waals surface area contributed by atoms with Crippen LogP contribution < -0.4 is 10.1 Å². The van der Waals surface area contributed by atoms with Gasteiger partial charge >= 0.3 is 11.9 Å². The van der Waals surface area contributed by atoms with Gasteiger partial charge in [0.15, 0.2) is 5.78 Å². The fourth-order valence-electron chi connectivity index (χ4n) is 4.79. The molecule has 4 rings (SSSR count). The summed E-state index contributed by atoms with van der Waals surface area (Å²) in [6.45, 7) is 5.46. The largest absolute Gasteiger partial charge is 0.497 e. The van der Waals surface area contributed by atoms with Crippen LogP contribution in [0.5, 0.6) is 5.75 Å². The molecule has 1 aromatic carbocycles. The van der Waals surface area contributed by atoms with Crippen LogP contribution in [0.1, 0.15) is 43.3 Å². The summed E-state index contributed by atoms with van der Waals surface area (Å²) in [4.78, 5) is 39.5. The van der Waals surface area contributed by atoms with Gasteiger partial charge in [-0.2, -0.15) is 0 Å². The highest BCUT2D eigenvalue weighted by molar-refractivity contribution is 6.12. The normalized spacial score (nSPS) is 21.9. The van der Waals surface area contributed by atoms with Crippen LogP contribution in [0.4, 0.5) is 0 Å². The van der Waals surface area contributed by atoms with Crippen molar-refractivity contribution < 1.29 is 33.0 Å². The van der Waals surface area contributed by atoms with Gasteiger partial charge in [-0.1, -0.05) is 19.1 Å². The van der Waals surface area contributed by atoms with Gasteiger partial charge in [0.2, 0.25) is 0 Å². The molecule has 184 valence electrons. The van der Waals surface area contributed by atoms with Gasteiger partial charge in [0, 0.05) is 17.0 Å². The lowest BCUT2D eigenvalue weighted by Crippen LogP contribution is -2.43. The molecule has 0 saturated carbocycles. The number of ketones is 1. The molecule has 8 heteroatoms. The molecule has 0 amide bonds.